The molecule has 2 aromatic rings. The Morgan fingerprint density at radius 2 is 1.87 bits per heavy atom. The van der Waals surface area contributed by atoms with Gasteiger partial charge in [-0.1, -0.05) is 20.8 Å². The molecule has 3 N–H and O–H groups in total. The van der Waals surface area contributed by atoms with Crippen LogP contribution in [-0.4, -0.2) is 34.8 Å². The van der Waals surface area contributed by atoms with Crippen molar-refractivity contribution < 1.29 is 4.79 Å². The largest absolute Gasteiger partial charge is 0.336 e. The van der Waals surface area contributed by atoms with Crippen LogP contribution in [0.25, 0.3) is 11.0 Å². The van der Waals surface area contributed by atoms with E-state index in [9.17, 15) is 4.79 Å². The van der Waals surface area contributed by atoms with E-state index >= 15 is 0 Å². The normalized spacial score (nSPS) is 12.9. The van der Waals surface area contributed by atoms with Crippen LogP contribution in [0, 0.1) is 10.8 Å². The van der Waals surface area contributed by atoms with Crippen LogP contribution in [0.1, 0.15) is 37.6 Å². The minimum atomic E-state index is -0.285. The maximum Gasteiger partial charge on any atom is 0.252 e. The lowest BCUT2D eigenvalue weighted by atomic mass is 9.87. The van der Waals surface area contributed by atoms with Crippen LogP contribution in [0.2, 0.25) is 0 Å². The first kappa shape index (κ1) is 17.0. The number of benzene rings is 1. The molecule has 6 heteroatoms. The van der Waals surface area contributed by atoms with Crippen LogP contribution in [0.4, 0.5) is 0 Å². The van der Waals surface area contributed by atoms with Gasteiger partial charge in [0.05, 0.1) is 17.2 Å². The van der Waals surface area contributed by atoms with Crippen molar-refractivity contribution in [2.75, 3.05) is 7.05 Å². The van der Waals surface area contributed by atoms with E-state index in [2.05, 4.69) is 20.6 Å². The van der Waals surface area contributed by atoms with Gasteiger partial charge >= 0.3 is 0 Å². The molecule has 0 aliphatic rings. The number of rotatable bonds is 5. The first-order valence-corrected chi connectivity index (χ1v) is 7.58. The van der Waals surface area contributed by atoms with Gasteiger partial charge in [-0.2, -0.15) is 0 Å². The van der Waals surface area contributed by atoms with Crippen molar-refractivity contribution in [1.82, 2.24) is 20.6 Å². The van der Waals surface area contributed by atoms with Crippen molar-refractivity contribution >= 4 is 22.7 Å². The van der Waals surface area contributed by atoms with Crippen LogP contribution in [0.3, 0.4) is 0 Å². The van der Waals surface area contributed by atoms with E-state index in [1.54, 1.807) is 37.6 Å². The third-order valence-electron chi connectivity index (χ3n) is 3.70. The van der Waals surface area contributed by atoms with Gasteiger partial charge in [0.25, 0.3) is 5.91 Å². The lowest BCUT2D eigenvalue weighted by Gasteiger charge is -2.25. The molecule has 0 fully saturated rings. The topological polar surface area (TPSA) is 90.8 Å². The molecule has 0 saturated heterocycles. The quantitative estimate of drug-likeness (QED) is 0.584. The SMILES string of the molecule is CNC(CC(=N)C(C)(C)C)NC(=O)c1ccc2nccnc2c1. The van der Waals surface area contributed by atoms with Crippen molar-refractivity contribution in [3.05, 3.63) is 36.2 Å². The molecule has 0 aliphatic carbocycles. The number of fused-ring (bicyclic) bond motifs is 1. The molecular formula is C17H23N5O. The van der Waals surface area contributed by atoms with Gasteiger partial charge in [-0.05, 0) is 30.7 Å². The van der Waals surface area contributed by atoms with Gasteiger partial charge in [0, 0.05) is 30.1 Å². The Hall–Kier alpha value is -2.34. The van der Waals surface area contributed by atoms with Crippen LogP contribution in [0.5, 0.6) is 0 Å². The molecule has 1 unspecified atom stereocenters. The second-order valence-electron chi connectivity index (χ2n) is 6.51. The van der Waals surface area contributed by atoms with E-state index in [0.29, 0.717) is 23.2 Å². The molecule has 1 heterocycles. The van der Waals surface area contributed by atoms with Crippen molar-refractivity contribution in [3.63, 3.8) is 0 Å². The fourth-order valence-corrected chi connectivity index (χ4v) is 2.08. The van der Waals surface area contributed by atoms with Gasteiger partial charge in [0.2, 0.25) is 0 Å². The smallest absolute Gasteiger partial charge is 0.252 e. The lowest BCUT2D eigenvalue weighted by Crippen LogP contribution is -2.46. The van der Waals surface area contributed by atoms with Crippen molar-refractivity contribution in [3.8, 4) is 0 Å². The van der Waals surface area contributed by atoms with Gasteiger partial charge < -0.3 is 16.0 Å². The lowest BCUT2D eigenvalue weighted by molar-refractivity contribution is 0.0932. The Morgan fingerprint density at radius 3 is 2.48 bits per heavy atom. The third kappa shape index (κ3) is 4.32. The Bertz CT molecular complexity index is 720. The van der Waals surface area contributed by atoms with Crippen molar-refractivity contribution in [2.24, 2.45) is 5.41 Å². The molecule has 122 valence electrons. The molecule has 2 rings (SSSR count). The summed E-state index contributed by atoms with van der Waals surface area (Å²) < 4.78 is 0. The summed E-state index contributed by atoms with van der Waals surface area (Å²) in [5, 5.41) is 14.1. The third-order valence-corrected chi connectivity index (χ3v) is 3.70. The van der Waals surface area contributed by atoms with Crippen molar-refractivity contribution in [1.29, 1.82) is 5.41 Å². The zero-order valence-corrected chi connectivity index (χ0v) is 14.0. The molecule has 0 aliphatic heterocycles. The molecular weight excluding hydrogens is 290 g/mol. The molecule has 0 saturated carbocycles. The fourth-order valence-electron chi connectivity index (χ4n) is 2.08. The second-order valence-corrected chi connectivity index (χ2v) is 6.51. The number of hydrogen-bond acceptors (Lipinski definition) is 5. The summed E-state index contributed by atoms with van der Waals surface area (Å²) in [6, 6.07) is 5.23. The van der Waals surface area contributed by atoms with Crippen LogP contribution in [-0.2, 0) is 0 Å². The van der Waals surface area contributed by atoms with Crippen LogP contribution >= 0.6 is 0 Å². The predicted octanol–water partition coefficient (Wildman–Crippen LogP) is 2.36. The maximum atomic E-state index is 12.4. The van der Waals surface area contributed by atoms with E-state index < -0.39 is 0 Å². The van der Waals surface area contributed by atoms with Gasteiger partial charge in [-0.3, -0.25) is 14.8 Å². The Kier molecular flexibility index (Phi) is 5.05. The molecule has 1 aromatic carbocycles. The summed E-state index contributed by atoms with van der Waals surface area (Å²) >= 11 is 0. The number of nitrogens with zero attached hydrogens (tertiary/aromatic N) is 2. The number of carbonyl (C=O) groups is 1. The average molecular weight is 313 g/mol. The van der Waals surface area contributed by atoms with Crippen LogP contribution in [0.15, 0.2) is 30.6 Å². The van der Waals surface area contributed by atoms with Gasteiger partial charge in [0.15, 0.2) is 0 Å². The van der Waals surface area contributed by atoms with E-state index in [0.717, 1.165) is 5.52 Å². The van der Waals surface area contributed by atoms with Gasteiger partial charge in [-0.15, -0.1) is 0 Å². The Labute approximate surface area is 136 Å². The maximum absolute atomic E-state index is 12.4. The molecule has 0 radical (unpaired) electrons. The zero-order valence-electron chi connectivity index (χ0n) is 14.0. The minimum absolute atomic E-state index is 0.196. The van der Waals surface area contributed by atoms with Crippen molar-refractivity contribution in [2.45, 2.75) is 33.4 Å². The van der Waals surface area contributed by atoms with E-state index in [1.165, 1.54) is 0 Å². The highest BCUT2D eigenvalue weighted by molar-refractivity contribution is 5.97. The number of amides is 1. The average Bonchev–Trinajstić information content (AvgIpc) is 2.52. The molecule has 1 aromatic heterocycles. The number of aromatic nitrogens is 2. The van der Waals surface area contributed by atoms with E-state index in [1.807, 2.05) is 20.8 Å². The van der Waals surface area contributed by atoms with Gasteiger partial charge in [-0.25, -0.2) is 0 Å². The highest BCUT2D eigenvalue weighted by Gasteiger charge is 2.22. The molecule has 1 atom stereocenters. The highest BCUT2D eigenvalue weighted by Crippen LogP contribution is 2.18. The molecule has 6 nitrogen and oxygen atoms in total. The Morgan fingerprint density at radius 1 is 1.22 bits per heavy atom. The molecule has 0 spiro atoms. The first-order chi connectivity index (χ1) is 10.8. The summed E-state index contributed by atoms with van der Waals surface area (Å²) in [7, 11) is 1.77. The fraction of sp³-hybridized carbons (Fsp3) is 0.412. The van der Waals surface area contributed by atoms with Gasteiger partial charge in [0.1, 0.15) is 0 Å². The predicted molar refractivity (Wildman–Crippen MR) is 91.7 cm³/mol. The summed E-state index contributed by atoms with van der Waals surface area (Å²) in [4.78, 5) is 20.8. The zero-order chi connectivity index (χ0) is 17.0. The Balaban J connectivity index is 2.10. The summed E-state index contributed by atoms with van der Waals surface area (Å²) in [5.74, 6) is -0.196. The second kappa shape index (κ2) is 6.83. The number of nitrogens with one attached hydrogen (secondary N) is 3. The molecule has 1 amide bonds. The number of hydrogen-bond donors (Lipinski definition) is 3. The monoisotopic (exact) mass is 313 g/mol. The first-order valence-electron chi connectivity index (χ1n) is 7.58. The molecule has 23 heavy (non-hydrogen) atoms. The van der Waals surface area contributed by atoms with Crippen LogP contribution < -0.4 is 10.6 Å². The molecule has 0 bridgehead atoms. The summed E-state index contributed by atoms with van der Waals surface area (Å²) in [6.45, 7) is 5.98. The van der Waals surface area contributed by atoms with E-state index in [4.69, 9.17) is 5.41 Å². The number of carbonyl (C=O) groups excluding carboxylic acids is 1. The standard InChI is InChI=1S/C17H23N5O/c1-17(2,3)14(18)10-15(19-4)22-16(23)11-5-6-12-13(9-11)21-8-7-20-12/h5-9,15,18-19H,10H2,1-4H3,(H,22,23). The minimum Gasteiger partial charge on any atom is -0.336 e. The highest BCUT2D eigenvalue weighted by atomic mass is 16.1. The summed E-state index contributed by atoms with van der Waals surface area (Å²) in [5.41, 5.74) is 2.34. The van der Waals surface area contributed by atoms with E-state index in [-0.39, 0.29) is 17.5 Å². The summed E-state index contributed by atoms with van der Waals surface area (Å²) in [6.07, 6.45) is 3.40.